The Labute approximate surface area is 83.9 Å². The summed E-state index contributed by atoms with van der Waals surface area (Å²) in [6.45, 7) is 6.16. The van der Waals surface area contributed by atoms with Crippen molar-refractivity contribution in [3.05, 3.63) is 28.8 Å². The molecule has 0 aromatic heterocycles. The number of aryl methyl sites for hydroxylation is 2. The highest BCUT2D eigenvalue weighted by Gasteiger charge is 2.25. The molecule has 2 heteroatoms. The topological polar surface area (TPSA) is 26.3 Å². The number of ether oxygens (including phenoxy) is 1. The molecular weight excluding hydrogens is 176 g/mol. The zero-order chi connectivity index (χ0) is 10.3. The second-order valence-corrected chi connectivity index (χ2v) is 4.07. The number of carbonyl (C=O) groups excluding carboxylic acids is 1. The Kier molecular flexibility index (Phi) is 2.06. The summed E-state index contributed by atoms with van der Waals surface area (Å²) >= 11 is 0. The van der Waals surface area contributed by atoms with Gasteiger partial charge in [0.2, 0.25) is 0 Å². The molecule has 74 valence electrons. The zero-order valence-electron chi connectivity index (χ0n) is 8.76. The molecule has 0 N–H and O–H groups in total. The lowest BCUT2D eigenvalue weighted by molar-refractivity contribution is -0.135. The summed E-state index contributed by atoms with van der Waals surface area (Å²) in [7, 11) is 0. The Hall–Kier alpha value is -1.31. The van der Waals surface area contributed by atoms with Crippen LogP contribution in [0.2, 0.25) is 0 Å². The molecule has 0 fully saturated rings. The van der Waals surface area contributed by atoms with Crippen molar-refractivity contribution in [3.63, 3.8) is 0 Å². The highest BCUT2D eigenvalue weighted by atomic mass is 16.5. The van der Waals surface area contributed by atoms with Crippen LogP contribution in [0.4, 0.5) is 0 Å². The number of benzene rings is 1. The third-order valence-corrected chi connectivity index (χ3v) is 2.68. The summed E-state index contributed by atoms with van der Waals surface area (Å²) in [6.07, 6.45) is 0.497. The van der Waals surface area contributed by atoms with E-state index < -0.39 is 0 Å². The molecule has 14 heavy (non-hydrogen) atoms. The van der Waals surface area contributed by atoms with Gasteiger partial charge in [-0.2, -0.15) is 0 Å². The van der Waals surface area contributed by atoms with Gasteiger partial charge in [-0.3, -0.25) is 4.79 Å². The molecule has 1 aliphatic heterocycles. The molecule has 2 rings (SSSR count). The summed E-state index contributed by atoms with van der Waals surface area (Å²) in [5.41, 5.74) is 3.55. The molecule has 2 nitrogen and oxygen atoms in total. The second kappa shape index (κ2) is 3.12. The highest BCUT2D eigenvalue weighted by molar-refractivity contribution is 5.77. The monoisotopic (exact) mass is 190 g/mol. The maximum absolute atomic E-state index is 11.2. The molecule has 0 saturated carbocycles. The normalized spacial score (nSPS) is 20.2. The van der Waals surface area contributed by atoms with E-state index >= 15 is 0 Å². The van der Waals surface area contributed by atoms with Gasteiger partial charge >= 0.3 is 5.97 Å². The Morgan fingerprint density at radius 1 is 1.36 bits per heavy atom. The van der Waals surface area contributed by atoms with Crippen molar-refractivity contribution in [2.45, 2.75) is 33.1 Å². The first-order valence-electron chi connectivity index (χ1n) is 4.89. The van der Waals surface area contributed by atoms with Crippen LogP contribution < -0.4 is 4.74 Å². The first-order chi connectivity index (χ1) is 6.58. The van der Waals surface area contributed by atoms with E-state index in [2.05, 4.69) is 19.9 Å². The summed E-state index contributed by atoms with van der Waals surface area (Å²) in [4.78, 5) is 11.2. The lowest BCUT2D eigenvalue weighted by atomic mass is 9.90. The van der Waals surface area contributed by atoms with Crippen LogP contribution in [-0.4, -0.2) is 5.97 Å². The van der Waals surface area contributed by atoms with Crippen molar-refractivity contribution in [2.75, 3.05) is 0 Å². The van der Waals surface area contributed by atoms with E-state index in [9.17, 15) is 4.79 Å². The first-order valence-corrected chi connectivity index (χ1v) is 4.89. The number of hydrogen-bond acceptors (Lipinski definition) is 2. The van der Waals surface area contributed by atoms with Gasteiger partial charge in [0.05, 0.1) is 6.42 Å². The molecule has 0 aliphatic carbocycles. The van der Waals surface area contributed by atoms with E-state index in [1.807, 2.05) is 13.0 Å². The minimum absolute atomic E-state index is 0.116. The number of carbonyl (C=O) groups is 1. The largest absolute Gasteiger partial charge is 0.426 e. The van der Waals surface area contributed by atoms with Crippen molar-refractivity contribution < 1.29 is 9.53 Å². The SMILES string of the molecule is Cc1cc(C)c2c(c1)OC(=O)CC2C. The van der Waals surface area contributed by atoms with Crippen LogP contribution in [0.5, 0.6) is 5.75 Å². The van der Waals surface area contributed by atoms with Crippen LogP contribution in [0.15, 0.2) is 12.1 Å². The molecule has 0 bridgehead atoms. The number of fused-ring (bicyclic) bond motifs is 1. The van der Waals surface area contributed by atoms with Gasteiger partial charge in [-0.05, 0) is 37.0 Å². The lowest BCUT2D eigenvalue weighted by Gasteiger charge is -2.23. The minimum atomic E-state index is -0.116. The van der Waals surface area contributed by atoms with Gasteiger partial charge in [-0.25, -0.2) is 0 Å². The average Bonchev–Trinajstić information content (AvgIpc) is 1.99. The molecule has 1 aromatic rings. The summed E-state index contributed by atoms with van der Waals surface area (Å²) in [6, 6.07) is 4.07. The fourth-order valence-corrected chi connectivity index (χ4v) is 2.17. The van der Waals surface area contributed by atoms with Crippen molar-refractivity contribution >= 4 is 5.97 Å². The number of hydrogen-bond donors (Lipinski definition) is 0. The van der Waals surface area contributed by atoms with Gasteiger partial charge in [0, 0.05) is 5.56 Å². The van der Waals surface area contributed by atoms with Crippen LogP contribution in [0.1, 0.15) is 36.0 Å². The van der Waals surface area contributed by atoms with Gasteiger partial charge in [0.1, 0.15) is 5.75 Å². The molecule has 0 spiro atoms. The van der Waals surface area contributed by atoms with Crippen LogP contribution in [-0.2, 0) is 4.79 Å². The van der Waals surface area contributed by atoms with E-state index in [0.29, 0.717) is 6.42 Å². The van der Waals surface area contributed by atoms with E-state index in [0.717, 1.165) is 11.3 Å². The molecular formula is C12H14O2. The number of esters is 1. The van der Waals surface area contributed by atoms with Crippen LogP contribution in [0.25, 0.3) is 0 Å². The summed E-state index contributed by atoms with van der Waals surface area (Å²) < 4.78 is 5.22. The van der Waals surface area contributed by atoms with Crippen molar-refractivity contribution in [2.24, 2.45) is 0 Å². The Bertz CT molecular complexity index is 394. The van der Waals surface area contributed by atoms with E-state index in [-0.39, 0.29) is 11.9 Å². The molecule has 1 unspecified atom stereocenters. The molecule has 1 heterocycles. The standard InChI is InChI=1S/C12H14O2/c1-7-4-8(2)12-9(3)6-11(13)14-10(12)5-7/h4-5,9H,6H2,1-3H3. The predicted octanol–water partition coefficient (Wildman–Crippen LogP) is 2.72. The molecule has 1 aromatic carbocycles. The maximum atomic E-state index is 11.2. The third-order valence-electron chi connectivity index (χ3n) is 2.68. The van der Waals surface area contributed by atoms with Crippen LogP contribution in [0, 0.1) is 13.8 Å². The molecule has 1 atom stereocenters. The Morgan fingerprint density at radius 3 is 2.79 bits per heavy atom. The predicted molar refractivity (Wildman–Crippen MR) is 54.6 cm³/mol. The maximum Gasteiger partial charge on any atom is 0.311 e. The number of rotatable bonds is 0. The van der Waals surface area contributed by atoms with Gasteiger partial charge < -0.3 is 4.74 Å². The van der Waals surface area contributed by atoms with Gasteiger partial charge in [0.25, 0.3) is 0 Å². The Balaban J connectivity index is 2.58. The molecule has 0 saturated heterocycles. The van der Waals surface area contributed by atoms with Crippen molar-refractivity contribution in [3.8, 4) is 5.75 Å². The summed E-state index contributed by atoms with van der Waals surface area (Å²) in [5.74, 6) is 0.924. The van der Waals surface area contributed by atoms with E-state index in [4.69, 9.17) is 4.74 Å². The zero-order valence-corrected chi connectivity index (χ0v) is 8.76. The second-order valence-electron chi connectivity index (χ2n) is 4.07. The van der Waals surface area contributed by atoms with Gasteiger partial charge in [-0.1, -0.05) is 13.0 Å². The van der Waals surface area contributed by atoms with Gasteiger partial charge in [-0.15, -0.1) is 0 Å². The average molecular weight is 190 g/mol. The smallest absolute Gasteiger partial charge is 0.311 e. The molecule has 1 aliphatic rings. The fraction of sp³-hybridized carbons (Fsp3) is 0.417. The van der Waals surface area contributed by atoms with Crippen molar-refractivity contribution in [1.82, 2.24) is 0 Å². The quantitative estimate of drug-likeness (QED) is 0.464. The van der Waals surface area contributed by atoms with Crippen LogP contribution >= 0.6 is 0 Å². The van der Waals surface area contributed by atoms with Gasteiger partial charge in [0.15, 0.2) is 0 Å². The first kappa shape index (κ1) is 9.25. The minimum Gasteiger partial charge on any atom is -0.426 e. The summed E-state index contributed by atoms with van der Waals surface area (Å²) in [5, 5.41) is 0. The fourth-order valence-electron chi connectivity index (χ4n) is 2.17. The Morgan fingerprint density at radius 2 is 2.07 bits per heavy atom. The third kappa shape index (κ3) is 1.41. The lowest BCUT2D eigenvalue weighted by Crippen LogP contribution is -2.19. The highest BCUT2D eigenvalue weighted by Crippen LogP contribution is 2.36. The van der Waals surface area contributed by atoms with Crippen LogP contribution in [0.3, 0.4) is 0 Å². The van der Waals surface area contributed by atoms with E-state index in [1.165, 1.54) is 11.1 Å². The molecule has 0 radical (unpaired) electrons. The van der Waals surface area contributed by atoms with Crippen molar-refractivity contribution in [1.29, 1.82) is 0 Å². The molecule has 0 amide bonds. The van der Waals surface area contributed by atoms with E-state index in [1.54, 1.807) is 0 Å².